The number of amides is 1. The highest BCUT2D eigenvalue weighted by Crippen LogP contribution is 2.25. The van der Waals surface area contributed by atoms with Crippen molar-refractivity contribution in [3.8, 4) is 0 Å². The van der Waals surface area contributed by atoms with Gasteiger partial charge in [-0.3, -0.25) is 4.79 Å². The quantitative estimate of drug-likeness (QED) is 0.580. The van der Waals surface area contributed by atoms with E-state index in [1.807, 2.05) is 24.3 Å². The zero-order valence-electron chi connectivity index (χ0n) is 14.2. The highest BCUT2D eigenvalue weighted by atomic mass is 35.5. The van der Waals surface area contributed by atoms with Crippen LogP contribution in [0.5, 0.6) is 0 Å². The number of halogens is 2. The average molecular weight is 384 g/mol. The summed E-state index contributed by atoms with van der Waals surface area (Å²) < 4.78 is 0. The summed E-state index contributed by atoms with van der Waals surface area (Å²) in [7, 11) is 0. The van der Waals surface area contributed by atoms with Gasteiger partial charge in [-0.25, -0.2) is 0 Å². The third-order valence-corrected chi connectivity index (χ3v) is 5.10. The third kappa shape index (κ3) is 4.66. The van der Waals surface area contributed by atoms with Crippen LogP contribution in [0.3, 0.4) is 0 Å². The molecule has 0 aromatic heterocycles. The molecule has 0 aliphatic carbocycles. The number of carbonyl (C=O) groups is 1. The van der Waals surface area contributed by atoms with Crippen molar-refractivity contribution < 1.29 is 4.79 Å². The van der Waals surface area contributed by atoms with Gasteiger partial charge in [0.15, 0.2) is 0 Å². The first-order chi connectivity index (χ1) is 12.6. The van der Waals surface area contributed by atoms with Gasteiger partial charge in [-0.05, 0) is 41.7 Å². The van der Waals surface area contributed by atoms with Crippen LogP contribution >= 0.6 is 23.2 Å². The topological polar surface area (TPSA) is 29.1 Å². The van der Waals surface area contributed by atoms with Crippen molar-refractivity contribution in [1.29, 1.82) is 0 Å². The fourth-order valence-corrected chi connectivity index (χ4v) is 3.23. The molecule has 0 heterocycles. The summed E-state index contributed by atoms with van der Waals surface area (Å²) in [5, 5.41) is 3.60. The second kappa shape index (κ2) is 8.88. The van der Waals surface area contributed by atoms with E-state index in [0.29, 0.717) is 17.1 Å². The van der Waals surface area contributed by atoms with Gasteiger partial charge in [-0.15, -0.1) is 0 Å². The molecule has 0 saturated carbocycles. The molecule has 3 aromatic rings. The SMILES string of the molecule is O=C(NCc1ccccc1CCc1ccccc1)c1cccc(Cl)c1Cl. The Labute approximate surface area is 163 Å². The Balaban J connectivity index is 1.66. The summed E-state index contributed by atoms with van der Waals surface area (Å²) in [6.45, 7) is 0.451. The van der Waals surface area contributed by atoms with Crippen LogP contribution in [0, 0.1) is 0 Å². The number of carbonyl (C=O) groups excluding carboxylic acids is 1. The Morgan fingerprint density at radius 2 is 1.46 bits per heavy atom. The normalized spacial score (nSPS) is 10.5. The van der Waals surface area contributed by atoms with E-state index in [0.717, 1.165) is 18.4 Å². The molecule has 0 unspecified atom stereocenters. The maximum atomic E-state index is 12.4. The van der Waals surface area contributed by atoms with Gasteiger partial charge >= 0.3 is 0 Å². The van der Waals surface area contributed by atoms with Gasteiger partial charge in [0.1, 0.15) is 0 Å². The summed E-state index contributed by atoms with van der Waals surface area (Å²) in [6, 6.07) is 23.6. The molecular formula is C22H19Cl2NO. The van der Waals surface area contributed by atoms with Crippen LogP contribution in [0.2, 0.25) is 10.0 Å². The molecule has 0 atom stereocenters. The summed E-state index contributed by atoms with van der Waals surface area (Å²) >= 11 is 12.1. The van der Waals surface area contributed by atoms with E-state index in [-0.39, 0.29) is 10.9 Å². The van der Waals surface area contributed by atoms with Crippen molar-refractivity contribution in [2.75, 3.05) is 0 Å². The summed E-state index contributed by atoms with van der Waals surface area (Å²) in [5.41, 5.74) is 4.03. The van der Waals surface area contributed by atoms with Crippen LogP contribution in [-0.2, 0) is 19.4 Å². The smallest absolute Gasteiger partial charge is 0.253 e. The van der Waals surface area contributed by atoms with E-state index in [2.05, 4.69) is 35.6 Å². The van der Waals surface area contributed by atoms with Gasteiger partial charge in [-0.1, -0.05) is 83.9 Å². The van der Waals surface area contributed by atoms with E-state index >= 15 is 0 Å². The van der Waals surface area contributed by atoms with Crippen LogP contribution in [0.25, 0.3) is 0 Å². The van der Waals surface area contributed by atoms with Gasteiger partial charge in [0.25, 0.3) is 5.91 Å². The largest absolute Gasteiger partial charge is 0.348 e. The number of nitrogens with one attached hydrogen (secondary N) is 1. The van der Waals surface area contributed by atoms with Crippen molar-refractivity contribution in [2.45, 2.75) is 19.4 Å². The van der Waals surface area contributed by atoms with Crippen molar-refractivity contribution >= 4 is 29.1 Å². The second-order valence-corrected chi connectivity index (χ2v) is 6.82. The van der Waals surface area contributed by atoms with Gasteiger partial charge < -0.3 is 5.32 Å². The average Bonchev–Trinajstić information content (AvgIpc) is 2.68. The molecule has 0 spiro atoms. The first-order valence-electron chi connectivity index (χ1n) is 8.48. The maximum Gasteiger partial charge on any atom is 0.253 e. The van der Waals surface area contributed by atoms with E-state index < -0.39 is 0 Å². The summed E-state index contributed by atoms with van der Waals surface area (Å²) in [6.07, 6.45) is 1.89. The Morgan fingerprint density at radius 1 is 0.769 bits per heavy atom. The minimum absolute atomic E-state index is 0.227. The van der Waals surface area contributed by atoms with Crippen molar-refractivity contribution in [2.24, 2.45) is 0 Å². The van der Waals surface area contributed by atoms with Gasteiger partial charge in [-0.2, -0.15) is 0 Å². The van der Waals surface area contributed by atoms with E-state index in [1.165, 1.54) is 11.1 Å². The molecule has 0 bridgehead atoms. The predicted octanol–water partition coefficient (Wildman–Crippen LogP) is 5.71. The maximum absolute atomic E-state index is 12.4. The Bertz CT molecular complexity index is 894. The molecule has 0 fully saturated rings. The van der Waals surface area contributed by atoms with E-state index in [4.69, 9.17) is 23.2 Å². The zero-order valence-corrected chi connectivity index (χ0v) is 15.7. The molecule has 132 valence electrons. The highest BCUT2D eigenvalue weighted by molar-refractivity contribution is 6.43. The van der Waals surface area contributed by atoms with Crippen molar-refractivity contribution in [3.63, 3.8) is 0 Å². The van der Waals surface area contributed by atoms with Crippen LogP contribution < -0.4 is 5.32 Å². The van der Waals surface area contributed by atoms with Gasteiger partial charge in [0.05, 0.1) is 15.6 Å². The van der Waals surface area contributed by atoms with Gasteiger partial charge in [0.2, 0.25) is 0 Å². The van der Waals surface area contributed by atoms with E-state index in [9.17, 15) is 4.79 Å². The Hall–Kier alpha value is -2.29. The molecule has 0 aliphatic heterocycles. The molecule has 0 aliphatic rings. The molecule has 0 radical (unpaired) electrons. The highest BCUT2D eigenvalue weighted by Gasteiger charge is 2.13. The molecule has 3 rings (SSSR count). The number of rotatable bonds is 6. The number of hydrogen-bond acceptors (Lipinski definition) is 1. The number of hydrogen-bond donors (Lipinski definition) is 1. The van der Waals surface area contributed by atoms with Crippen LogP contribution in [0.1, 0.15) is 27.0 Å². The first kappa shape index (κ1) is 18.5. The monoisotopic (exact) mass is 383 g/mol. The lowest BCUT2D eigenvalue weighted by Crippen LogP contribution is -2.23. The lowest BCUT2D eigenvalue weighted by molar-refractivity contribution is 0.0951. The first-order valence-corrected chi connectivity index (χ1v) is 9.23. The summed E-state index contributed by atoms with van der Waals surface area (Å²) in [4.78, 5) is 12.4. The molecule has 26 heavy (non-hydrogen) atoms. The predicted molar refractivity (Wildman–Crippen MR) is 108 cm³/mol. The number of benzene rings is 3. The Kier molecular flexibility index (Phi) is 6.32. The molecule has 1 N–H and O–H groups in total. The van der Waals surface area contributed by atoms with Gasteiger partial charge in [0, 0.05) is 6.54 Å². The van der Waals surface area contributed by atoms with Crippen LogP contribution in [-0.4, -0.2) is 5.91 Å². The van der Waals surface area contributed by atoms with Crippen molar-refractivity contribution in [1.82, 2.24) is 5.32 Å². The lowest BCUT2D eigenvalue weighted by atomic mass is 9.99. The standard InChI is InChI=1S/C22H19Cl2NO/c23-20-12-6-11-19(21(20)24)22(26)25-15-18-10-5-4-9-17(18)14-13-16-7-2-1-3-8-16/h1-12H,13-15H2,(H,25,26). The molecule has 4 heteroatoms. The molecule has 0 saturated heterocycles. The van der Waals surface area contributed by atoms with Crippen LogP contribution in [0.4, 0.5) is 0 Å². The summed E-state index contributed by atoms with van der Waals surface area (Å²) in [5.74, 6) is -0.227. The lowest BCUT2D eigenvalue weighted by Gasteiger charge is -2.12. The third-order valence-electron chi connectivity index (χ3n) is 4.28. The molecule has 2 nitrogen and oxygen atoms in total. The van der Waals surface area contributed by atoms with Crippen LogP contribution in [0.15, 0.2) is 72.8 Å². The zero-order chi connectivity index (χ0) is 18.4. The Morgan fingerprint density at radius 3 is 2.23 bits per heavy atom. The number of aryl methyl sites for hydroxylation is 2. The molecule has 3 aromatic carbocycles. The molecular weight excluding hydrogens is 365 g/mol. The second-order valence-electron chi connectivity index (χ2n) is 6.04. The fraction of sp³-hybridized carbons (Fsp3) is 0.136. The van der Waals surface area contributed by atoms with Crippen molar-refractivity contribution in [3.05, 3.63) is 105 Å². The minimum Gasteiger partial charge on any atom is -0.348 e. The van der Waals surface area contributed by atoms with E-state index in [1.54, 1.807) is 18.2 Å². The fourth-order valence-electron chi connectivity index (χ4n) is 2.85. The molecule has 1 amide bonds. The minimum atomic E-state index is -0.227.